The Morgan fingerprint density at radius 1 is 1.21 bits per heavy atom. The molecule has 0 atom stereocenters. The van der Waals surface area contributed by atoms with Crippen LogP contribution < -0.4 is 11.5 Å². The van der Waals surface area contributed by atoms with Gasteiger partial charge in [-0.15, -0.1) is 0 Å². The fourth-order valence-corrected chi connectivity index (χ4v) is 4.71. The minimum atomic E-state index is -0.397. The number of nitrogens with two attached hydrogens (primary N) is 2. The van der Waals surface area contributed by atoms with E-state index in [1.54, 1.807) is 0 Å². The molecule has 1 amide bonds. The Hall–Kier alpha value is -2.51. The van der Waals surface area contributed by atoms with Crippen molar-refractivity contribution in [3.63, 3.8) is 0 Å². The summed E-state index contributed by atoms with van der Waals surface area (Å²) in [6, 6.07) is 7.92. The predicted octanol–water partition coefficient (Wildman–Crippen LogP) is 3.52. The molecule has 0 aliphatic heterocycles. The fraction of sp³-hybridized carbons (Fsp3) is 0.318. The average Bonchev–Trinajstić information content (AvgIpc) is 3.05. The monoisotopic (exact) mass is 451 g/mol. The SMILES string of the molecule is NC(=O)c1c(CC2(N)CCC2)[nH]c2c1CCc1cnc(-c3ccc(Br)cc3)nc1-2. The molecule has 1 saturated carbocycles. The molecule has 1 fully saturated rings. The van der Waals surface area contributed by atoms with Crippen LogP contribution in [0.25, 0.3) is 22.8 Å². The van der Waals surface area contributed by atoms with Crippen LogP contribution in [0.5, 0.6) is 0 Å². The van der Waals surface area contributed by atoms with Gasteiger partial charge in [-0.3, -0.25) is 4.79 Å². The normalized spacial score (nSPS) is 16.6. The summed E-state index contributed by atoms with van der Waals surface area (Å²) in [5, 5.41) is 0. The van der Waals surface area contributed by atoms with Crippen LogP contribution in [0.1, 0.15) is 46.4 Å². The lowest BCUT2D eigenvalue weighted by Crippen LogP contribution is -2.48. The molecule has 5 rings (SSSR count). The Bertz CT molecular complexity index is 1110. The molecule has 0 saturated heterocycles. The average molecular weight is 452 g/mol. The molecule has 0 unspecified atom stereocenters. The predicted molar refractivity (Wildman–Crippen MR) is 115 cm³/mol. The summed E-state index contributed by atoms with van der Waals surface area (Å²) in [6.07, 6.45) is 7.14. The Morgan fingerprint density at radius 2 is 1.97 bits per heavy atom. The zero-order chi connectivity index (χ0) is 20.2. The molecule has 6 nitrogen and oxygen atoms in total. The van der Waals surface area contributed by atoms with E-state index in [0.717, 1.165) is 70.3 Å². The number of carbonyl (C=O) groups is 1. The number of benzene rings is 1. The molecule has 0 bridgehead atoms. The number of nitrogens with zero attached hydrogens (tertiary/aromatic N) is 2. The molecule has 3 aromatic rings. The van der Waals surface area contributed by atoms with Crippen LogP contribution in [0.2, 0.25) is 0 Å². The van der Waals surface area contributed by atoms with E-state index >= 15 is 0 Å². The molecule has 29 heavy (non-hydrogen) atoms. The first-order chi connectivity index (χ1) is 13.9. The molecular formula is C22H22BrN5O. The topological polar surface area (TPSA) is 111 Å². The van der Waals surface area contributed by atoms with E-state index in [1.165, 1.54) is 0 Å². The molecule has 0 radical (unpaired) electrons. The van der Waals surface area contributed by atoms with Gasteiger partial charge in [0.25, 0.3) is 5.91 Å². The number of fused-ring (bicyclic) bond motifs is 3. The van der Waals surface area contributed by atoms with Crippen LogP contribution in [0.3, 0.4) is 0 Å². The van der Waals surface area contributed by atoms with Gasteiger partial charge in [0.2, 0.25) is 0 Å². The van der Waals surface area contributed by atoms with Crippen molar-refractivity contribution >= 4 is 21.8 Å². The number of aryl methyl sites for hydroxylation is 1. The highest BCUT2D eigenvalue weighted by atomic mass is 79.9. The number of hydrogen-bond acceptors (Lipinski definition) is 4. The maximum atomic E-state index is 12.3. The number of halogens is 1. The molecule has 0 spiro atoms. The summed E-state index contributed by atoms with van der Waals surface area (Å²) in [4.78, 5) is 25.2. The number of hydrogen-bond donors (Lipinski definition) is 3. The Morgan fingerprint density at radius 3 is 2.62 bits per heavy atom. The smallest absolute Gasteiger partial charge is 0.250 e. The van der Waals surface area contributed by atoms with Gasteiger partial charge in [-0.25, -0.2) is 9.97 Å². The maximum Gasteiger partial charge on any atom is 0.250 e. The van der Waals surface area contributed by atoms with Crippen molar-refractivity contribution in [2.24, 2.45) is 11.5 Å². The largest absolute Gasteiger partial charge is 0.366 e. The molecule has 148 valence electrons. The van der Waals surface area contributed by atoms with Gasteiger partial charge in [0.05, 0.1) is 17.0 Å². The van der Waals surface area contributed by atoms with Crippen molar-refractivity contribution in [3.05, 3.63) is 57.3 Å². The van der Waals surface area contributed by atoms with Crippen LogP contribution >= 0.6 is 15.9 Å². The maximum absolute atomic E-state index is 12.3. The number of aromatic amines is 1. The molecule has 7 heteroatoms. The summed E-state index contributed by atoms with van der Waals surface area (Å²) in [7, 11) is 0. The quantitative estimate of drug-likeness (QED) is 0.563. The first-order valence-electron chi connectivity index (χ1n) is 9.88. The molecule has 2 aliphatic carbocycles. The van der Waals surface area contributed by atoms with E-state index in [9.17, 15) is 4.79 Å². The van der Waals surface area contributed by atoms with Gasteiger partial charge in [0.15, 0.2) is 5.82 Å². The number of aromatic nitrogens is 3. The molecule has 2 aromatic heterocycles. The third-order valence-electron chi connectivity index (χ3n) is 6.15. The van der Waals surface area contributed by atoms with Gasteiger partial charge in [-0.1, -0.05) is 28.1 Å². The van der Waals surface area contributed by atoms with E-state index in [1.807, 2.05) is 30.5 Å². The zero-order valence-corrected chi connectivity index (χ0v) is 17.6. The number of amides is 1. The van der Waals surface area contributed by atoms with E-state index in [4.69, 9.17) is 16.5 Å². The Labute approximate surface area is 177 Å². The first-order valence-corrected chi connectivity index (χ1v) is 10.7. The second-order valence-corrected chi connectivity index (χ2v) is 9.08. The van der Waals surface area contributed by atoms with E-state index in [0.29, 0.717) is 17.8 Å². The third kappa shape index (κ3) is 3.18. The van der Waals surface area contributed by atoms with E-state index in [2.05, 4.69) is 25.9 Å². The molecular weight excluding hydrogens is 430 g/mol. The highest BCUT2D eigenvalue weighted by Gasteiger charge is 2.36. The van der Waals surface area contributed by atoms with Gasteiger partial charge in [-0.05, 0) is 55.4 Å². The summed E-state index contributed by atoms with van der Waals surface area (Å²) in [5.74, 6) is 0.265. The highest BCUT2D eigenvalue weighted by molar-refractivity contribution is 9.10. The van der Waals surface area contributed by atoms with Crippen LogP contribution in [-0.4, -0.2) is 26.4 Å². The van der Waals surface area contributed by atoms with Gasteiger partial charge in [0.1, 0.15) is 0 Å². The lowest BCUT2D eigenvalue weighted by molar-refractivity contribution is 0.0998. The minimum Gasteiger partial charge on any atom is -0.366 e. The van der Waals surface area contributed by atoms with Gasteiger partial charge < -0.3 is 16.5 Å². The fourth-order valence-electron chi connectivity index (χ4n) is 4.44. The van der Waals surface area contributed by atoms with E-state index in [-0.39, 0.29) is 5.54 Å². The van der Waals surface area contributed by atoms with Gasteiger partial charge in [-0.2, -0.15) is 0 Å². The standard InChI is InChI=1S/C22H22BrN5O/c23-14-5-2-12(3-6-14)21-26-11-13-4-7-15-17(20(24)29)16(10-22(25)8-1-9-22)27-19(15)18(13)28-21/h2-3,5-6,11,27H,1,4,7-10,25H2,(H2,24,29). The number of nitrogens with one attached hydrogen (secondary N) is 1. The lowest BCUT2D eigenvalue weighted by atomic mass is 9.74. The number of H-pyrrole nitrogens is 1. The van der Waals surface area contributed by atoms with Gasteiger partial charge >= 0.3 is 0 Å². The third-order valence-corrected chi connectivity index (χ3v) is 6.68. The molecule has 1 aromatic carbocycles. The van der Waals surface area contributed by atoms with Crippen molar-refractivity contribution in [2.75, 3.05) is 0 Å². The van der Waals surface area contributed by atoms with Crippen molar-refractivity contribution in [1.29, 1.82) is 0 Å². The minimum absolute atomic E-state index is 0.241. The lowest BCUT2D eigenvalue weighted by Gasteiger charge is -2.38. The zero-order valence-electron chi connectivity index (χ0n) is 16.0. The van der Waals surface area contributed by atoms with Gasteiger partial charge in [0, 0.05) is 33.9 Å². The van der Waals surface area contributed by atoms with Crippen LogP contribution in [0.15, 0.2) is 34.9 Å². The number of primary amides is 1. The number of carbonyl (C=O) groups excluding carboxylic acids is 1. The van der Waals surface area contributed by atoms with Crippen molar-refractivity contribution in [2.45, 2.75) is 44.1 Å². The van der Waals surface area contributed by atoms with E-state index < -0.39 is 5.91 Å². The van der Waals surface area contributed by atoms with Crippen LogP contribution in [0, 0.1) is 0 Å². The molecule has 5 N–H and O–H groups in total. The summed E-state index contributed by atoms with van der Waals surface area (Å²) >= 11 is 3.46. The highest BCUT2D eigenvalue weighted by Crippen LogP contribution is 2.39. The second-order valence-electron chi connectivity index (χ2n) is 8.16. The molecule has 2 aliphatic rings. The van der Waals surface area contributed by atoms with Crippen molar-refractivity contribution in [3.8, 4) is 22.8 Å². The summed E-state index contributed by atoms with van der Waals surface area (Å²) in [5.41, 5.74) is 18.2. The summed E-state index contributed by atoms with van der Waals surface area (Å²) in [6.45, 7) is 0. The Kier molecular flexibility index (Phi) is 4.33. The van der Waals surface area contributed by atoms with Crippen LogP contribution in [0.4, 0.5) is 0 Å². The first kappa shape index (κ1) is 18.5. The van der Waals surface area contributed by atoms with Crippen molar-refractivity contribution < 1.29 is 4.79 Å². The van der Waals surface area contributed by atoms with Crippen LogP contribution in [-0.2, 0) is 19.3 Å². The number of rotatable bonds is 4. The second kappa shape index (κ2) is 6.78. The molecule has 2 heterocycles. The Balaban J connectivity index is 1.61. The summed E-state index contributed by atoms with van der Waals surface area (Å²) < 4.78 is 1.01. The van der Waals surface area contributed by atoms with Crippen molar-refractivity contribution in [1.82, 2.24) is 15.0 Å².